The molecule has 0 N–H and O–H groups in total. The Bertz CT molecular complexity index is 945. The Morgan fingerprint density at radius 1 is 0.955 bits per heavy atom. The van der Waals surface area contributed by atoms with E-state index in [2.05, 4.69) is 64.6 Å². The van der Waals surface area contributed by atoms with E-state index in [0.29, 0.717) is 0 Å². The smallest absolute Gasteiger partial charge is 0.209 e. The molecule has 0 aliphatic rings. The van der Waals surface area contributed by atoms with Gasteiger partial charge in [-0.1, -0.05) is 48.5 Å². The molecule has 4 aromatic rings. The zero-order valence-corrected chi connectivity index (χ0v) is 13.0. The highest BCUT2D eigenvalue weighted by Gasteiger charge is 2.05. The number of hydrogen-bond donors (Lipinski definition) is 0. The van der Waals surface area contributed by atoms with Gasteiger partial charge in [0.05, 0.1) is 5.69 Å². The summed E-state index contributed by atoms with van der Waals surface area (Å²) in [5.41, 5.74) is 2.17. The van der Waals surface area contributed by atoms with Gasteiger partial charge in [-0.15, -0.1) is 11.3 Å². The van der Waals surface area contributed by atoms with Crippen LogP contribution in [-0.2, 0) is 0 Å². The van der Waals surface area contributed by atoms with Gasteiger partial charge in [0.1, 0.15) is 0 Å². The molecule has 0 saturated carbocycles. The summed E-state index contributed by atoms with van der Waals surface area (Å²) in [7, 11) is 0. The van der Waals surface area contributed by atoms with Gasteiger partial charge in [0.15, 0.2) is 0 Å². The lowest BCUT2D eigenvalue weighted by Crippen LogP contribution is -1.88. The van der Waals surface area contributed by atoms with Crippen molar-refractivity contribution in [1.82, 2.24) is 4.98 Å². The van der Waals surface area contributed by atoms with E-state index in [-0.39, 0.29) is 0 Å². The number of aliphatic imine (C=N–C) groups is 1. The van der Waals surface area contributed by atoms with Crippen molar-refractivity contribution < 1.29 is 0 Å². The third-order valence-corrected chi connectivity index (χ3v) is 4.59. The number of fused-ring (bicyclic) bond motifs is 2. The highest BCUT2D eigenvalue weighted by atomic mass is 32.1. The number of thiazole rings is 1. The highest BCUT2D eigenvalue weighted by Crippen LogP contribution is 2.28. The van der Waals surface area contributed by atoms with Crippen LogP contribution >= 0.6 is 11.3 Å². The van der Waals surface area contributed by atoms with Crippen LogP contribution in [0.4, 0.5) is 5.13 Å². The second-order valence-corrected chi connectivity index (χ2v) is 6.10. The Hall–Kier alpha value is -2.52. The van der Waals surface area contributed by atoms with Crippen molar-refractivity contribution in [2.45, 2.75) is 6.92 Å². The van der Waals surface area contributed by atoms with Crippen LogP contribution in [0.5, 0.6) is 0 Å². The van der Waals surface area contributed by atoms with E-state index in [1.165, 1.54) is 21.5 Å². The number of aromatic nitrogens is 1. The Kier molecular flexibility index (Phi) is 3.20. The van der Waals surface area contributed by atoms with Gasteiger partial charge in [0.25, 0.3) is 0 Å². The number of benzene rings is 3. The first-order valence-corrected chi connectivity index (χ1v) is 8.06. The normalized spacial score (nSPS) is 11.7. The maximum absolute atomic E-state index is 4.58. The molecule has 0 spiro atoms. The minimum absolute atomic E-state index is 0.800. The van der Waals surface area contributed by atoms with Gasteiger partial charge in [-0.2, -0.15) is 0 Å². The fourth-order valence-corrected chi connectivity index (χ4v) is 3.35. The average Bonchev–Trinajstić information content (AvgIpc) is 2.97. The average molecular weight is 302 g/mol. The standard InChI is InChI=1S/C19H14N2S/c1-13-12-22-19(21-13)20-11-18-16-8-4-2-6-14(16)10-15-7-3-5-9-17(15)18/h2-12H,1H3/b20-11+. The largest absolute Gasteiger partial charge is 0.227 e. The molecular weight excluding hydrogens is 288 g/mol. The summed E-state index contributed by atoms with van der Waals surface area (Å²) >= 11 is 1.57. The molecule has 3 aromatic carbocycles. The molecule has 0 aliphatic carbocycles. The fraction of sp³-hybridized carbons (Fsp3) is 0.0526. The molecule has 0 saturated heterocycles. The first-order chi connectivity index (χ1) is 10.8. The molecule has 0 bridgehead atoms. The maximum Gasteiger partial charge on any atom is 0.209 e. The molecule has 0 unspecified atom stereocenters. The van der Waals surface area contributed by atoms with Crippen molar-refractivity contribution in [2.24, 2.45) is 4.99 Å². The zero-order chi connectivity index (χ0) is 14.9. The van der Waals surface area contributed by atoms with E-state index in [4.69, 9.17) is 0 Å². The SMILES string of the molecule is Cc1csc(/N=C/c2c3ccccc3cc3ccccc23)n1. The van der Waals surface area contributed by atoms with Crippen LogP contribution < -0.4 is 0 Å². The van der Waals surface area contributed by atoms with Crippen LogP contribution in [-0.4, -0.2) is 11.2 Å². The third-order valence-electron chi connectivity index (χ3n) is 3.72. The Morgan fingerprint density at radius 3 is 2.18 bits per heavy atom. The van der Waals surface area contributed by atoms with Crippen molar-refractivity contribution >= 4 is 44.2 Å². The number of aryl methyl sites for hydroxylation is 1. The summed E-state index contributed by atoms with van der Waals surface area (Å²) < 4.78 is 0. The Morgan fingerprint density at radius 2 is 1.59 bits per heavy atom. The van der Waals surface area contributed by atoms with Crippen molar-refractivity contribution in [3.8, 4) is 0 Å². The van der Waals surface area contributed by atoms with Crippen LogP contribution in [0, 0.1) is 6.92 Å². The summed E-state index contributed by atoms with van der Waals surface area (Å²) in [6.07, 6.45) is 1.95. The van der Waals surface area contributed by atoms with E-state index in [1.807, 2.05) is 18.5 Å². The maximum atomic E-state index is 4.58. The lowest BCUT2D eigenvalue weighted by molar-refractivity contribution is 1.25. The quantitative estimate of drug-likeness (QED) is 0.354. The van der Waals surface area contributed by atoms with Gasteiger partial charge in [-0.3, -0.25) is 0 Å². The Balaban J connectivity index is 1.98. The predicted octanol–water partition coefficient (Wildman–Crippen LogP) is 5.51. The van der Waals surface area contributed by atoms with Crippen LogP contribution in [0.15, 0.2) is 65.0 Å². The van der Waals surface area contributed by atoms with Crippen LogP contribution in [0.1, 0.15) is 11.3 Å². The molecule has 1 aromatic heterocycles. The van der Waals surface area contributed by atoms with Gasteiger partial charge in [-0.25, -0.2) is 9.98 Å². The van der Waals surface area contributed by atoms with E-state index in [9.17, 15) is 0 Å². The summed E-state index contributed by atoms with van der Waals surface area (Å²) in [6, 6.07) is 19.1. The fourth-order valence-electron chi connectivity index (χ4n) is 2.71. The van der Waals surface area contributed by atoms with Crippen LogP contribution in [0.25, 0.3) is 21.5 Å². The zero-order valence-electron chi connectivity index (χ0n) is 12.2. The van der Waals surface area contributed by atoms with Gasteiger partial charge in [0.2, 0.25) is 5.13 Å². The topological polar surface area (TPSA) is 25.2 Å². The first-order valence-electron chi connectivity index (χ1n) is 7.18. The molecule has 4 rings (SSSR count). The van der Waals surface area contributed by atoms with Gasteiger partial charge in [0, 0.05) is 17.2 Å². The second kappa shape index (κ2) is 5.35. The molecule has 0 aliphatic heterocycles. The molecule has 0 radical (unpaired) electrons. The highest BCUT2D eigenvalue weighted by molar-refractivity contribution is 7.13. The molecule has 3 heteroatoms. The van der Waals surface area contributed by atoms with Crippen molar-refractivity contribution in [2.75, 3.05) is 0 Å². The summed E-state index contributed by atoms with van der Waals surface area (Å²) in [4.78, 5) is 8.99. The van der Waals surface area contributed by atoms with Gasteiger partial charge < -0.3 is 0 Å². The van der Waals surface area contributed by atoms with E-state index in [0.717, 1.165) is 16.4 Å². The summed E-state index contributed by atoms with van der Waals surface area (Å²) in [5, 5.41) is 7.73. The summed E-state index contributed by atoms with van der Waals surface area (Å²) in [5.74, 6) is 0. The molecule has 2 nitrogen and oxygen atoms in total. The molecule has 0 fully saturated rings. The van der Waals surface area contributed by atoms with Crippen molar-refractivity contribution in [3.05, 3.63) is 71.2 Å². The number of rotatable bonds is 2. The lowest BCUT2D eigenvalue weighted by Gasteiger charge is -2.07. The van der Waals surface area contributed by atoms with Crippen LogP contribution in [0.3, 0.4) is 0 Å². The van der Waals surface area contributed by atoms with E-state index in [1.54, 1.807) is 11.3 Å². The monoisotopic (exact) mass is 302 g/mol. The number of nitrogens with zero attached hydrogens (tertiary/aromatic N) is 2. The minimum Gasteiger partial charge on any atom is -0.227 e. The molecule has 1 heterocycles. The number of hydrogen-bond acceptors (Lipinski definition) is 3. The van der Waals surface area contributed by atoms with E-state index >= 15 is 0 Å². The van der Waals surface area contributed by atoms with Gasteiger partial charge >= 0.3 is 0 Å². The molecule has 106 valence electrons. The van der Waals surface area contributed by atoms with Gasteiger partial charge in [-0.05, 0) is 34.5 Å². The lowest BCUT2D eigenvalue weighted by atomic mass is 9.97. The van der Waals surface area contributed by atoms with Crippen LogP contribution in [0.2, 0.25) is 0 Å². The Labute approximate surface area is 132 Å². The van der Waals surface area contributed by atoms with E-state index < -0.39 is 0 Å². The van der Waals surface area contributed by atoms with Crippen molar-refractivity contribution in [1.29, 1.82) is 0 Å². The van der Waals surface area contributed by atoms with Crippen molar-refractivity contribution in [3.63, 3.8) is 0 Å². The molecule has 22 heavy (non-hydrogen) atoms. The third kappa shape index (κ3) is 2.30. The first kappa shape index (κ1) is 13.2. The molecule has 0 amide bonds. The minimum atomic E-state index is 0.800. The second-order valence-electron chi connectivity index (χ2n) is 5.26. The predicted molar refractivity (Wildman–Crippen MR) is 95.6 cm³/mol. The molecular formula is C19H14N2S. The summed E-state index contributed by atoms with van der Waals surface area (Å²) in [6.45, 7) is 1.99. The molecule has 0 atom stereocenters.